The van der Waals surface area contributed by atoms with Crippen molar-refractivity contribution in [2.24, 2.45) is 5.92 Å². The molecular formula is C15H18FN3O2. The second-order valence-electron chi connectivity index (χ2n) is 5.58. The fourth-order valence-electron chi connectivity index (χ4n) is 2.23. The van der Waals surface area contributed by atoms with Crippen molar-refractivity contribution in [3.8, 4) is 6.07 Å². The quantitative estimate of drug-likeness (QED) is 0.771. The van der Waals surface area contributed by atoms with Gasteiger partial charge in [0.25, 0.3) is 0 Å². The predicted molar refractivity (Wildman–Crippen MR) is 74.7 cm³/mol. The molecule has 1 saturated carbocycles. The van der Waals surface area contributed by atoms with Crippen LogP contribution in [-0.2, 0) is 6.54 Å². The fourth-order valence-corrected chi connectivity index (χ4v) is 2.23. The molecule has 6 heteroatoms. The van der Waals surface area contributed by atoms with Crippen molar-refractivity contribution in [2.45, 2.75) is 31.8 Å². The van der Waals surface area contributed by atoms with E-state index in [0.29, 0.717) is 11.5 Å². The molecule has 5 nitrogen and oxygen atoms in total. The van der Waals surface area contributed by atoms with Crippen molar-refractivity contribution in [3.05, 3.63) is 35.1 Å². The van der Waals surface area contributed by atoms with Crippen molar-refractivity contribution >= 4 is 6.03 Å². The average Bonchev–Trinajstić information content (AvgIpc) is 3.30. The molecule has 2 amide bonds. The summed E-state index contributed by atoms with van der Waals surface area (Å²) in [5, 5.41) is 23.4. The van der Waals surface area contributed by atoms with Gasteiger partial charge in [-0.05, 0) is 37.8 Å². The molecule has 0 aliphatic heterocycles. The number of amides is 2. The number of hydrogen-bond acceptors (Lipinski definition) is 3. The van der Waals surface area contributed by atoms with Crippen LogP contribution in [0, 0.1) is 23.1 Å². The van der Waals surface area contributed by atoms with E-state index in [9.17, 15) is 14.3 Å². The van der Waals surface area contributed by atoms with Crippen LogP contribution in [0.2, 0.25) is 0 Å². The van der Waals surface area contributed by atoms with Crippen LogP contribution in [0.4, 0.5) is 9.18 Å². The van der Waals surface area contributed by atoms with Crippen LogP contribution in [0.1, 0.15) is 30.9 Å². The third kappa shape index (κ3) is 3.70. The Morgan fingerprint density at radius 3 is 2.81 bits per heavy atom. The van der Waals surface area contributed by atoms with E-state index in [4.69, 9.17) is 5.26 Å². The number of aliphatic hydroxyl groups excluding tert-OH is 1. The molecule has 2 rings (SSSR count). The van der Waals surface area contributed by atoms with Gasteiger partial charge in [-0.15, -0.1) is 0 Å². The van der Waals surface area contributed by atoms with Gasteiger partial charge in [0.05, 0.1) is 23.8 Å². The Balaban J connectivity index is 1.91. The highest BCUT2D eigenvalue weighted by atomic mass is 19.1. The van der Waals surface area contributed by atoms with Gasteiger partial charge in [-0.25, -0.2) is 9.18 Å². The molecule has 1 aliphatic carbocycles. The Morgan fingerprint density at radius 2 is 2.29 bits per heavy atom. The van der Waals surface area contributed by atoms with E-state index < -0.39 is 17.4 Å². The zero-order valence-electron chi connectivity index (χ0n) is 11.8. The van der Waals surface area contributed by atoms with E-state index in [1.54, 1.807) is 6.92 Å². The van der Waals surface area contributed by atoms with Crippen molar-refractivity contribution in [1.29, 1.82) is 5.26 Å². The minimum Gasteiger partial charge on any atom is -0.394 e. The minimum absolute atomic E-state index is 0.0234. The molecule has 21 heavy (non-hydrogen) atoms. The van der Waals surface area contributed by atoms with Crippen molar-refractivity contribution in [2.75, 3.05) is 6.61 Å². The van der Waals surface area contributed by atoms with Crippen molar-refractivity contribution < 1.29 is 14.3 Å². The summed E-state index contributed by atoms with van der Waals surface area (Å²) in [5.74, 6) is -0.235. The number of nitriles is 1. The van der Waals surface area contributed by atoms with Crippen molar-refractivity contribution in [1.82, 2.24) is 10.6 Å². The number of urea groups is 1. The average molecular weight is 291 g/mol. The second-order valence-corrected chi connectivity index (χ2v) is 5.58. The number of hydrogen-bond donors (Lipinski definition) is 3. The summed E-state index contributed by atoms with van der Waals surface area (Å²) in [5.41, 5.74) is -0.0867. The smallest absolute Gasteiger partial charge is 0.315 e. The largest absolute Gasteiger partial charge is 0.394 e. The van der Waals surface area contributed by atoms with E-state index in [2.05, 4.69) is 10.6 Å². The second kappa shape index (κ2) is 6.10. The van der Waals surface area contributed by atoms with E-state index in [1.807, 2.05) is 6.07 Å². The maximum absolute atomic E-state index is 13.7. The molecule has 112 valence electrons. The van der Waals surface area contributed by atoms with Crippen LogP contribution in [0.15, 0.2) is 18.2 Å². The number of carbonyl (C=O) groups is 1. The lowest BCUT2D eigenvalue weighted by molar-refractivity contribution is 0.155. The topological polar surface area (TPSA) is 85.2 Å². The molecule has 1 unspecified atom stereocenters. The fraction of sp³-hybridized carbons (Fsp3) is 0.467. The highest BCUT2D eigenvalue weighted by Crippen LogP contribution is 2.39. The van der Waals surface area contributed by atoms with E-state index in [1.165, 1.54) is 12.1 Å². The number of carbonyl (C=O) groups excluding carboxylic acids is 1. The van der Waals surface area contributed by atoms with E-state index >= 15 is 0 Å². The lowest BCUT2D eigenvalue weighted by Gasteiger charge is -2.28. The third-order valence-electron chi connectivity index (χ3n) is 3.83. The van der Waals surface area contributed by atoms with Crippen molar-refractivity contribution in [3.63, 3.8) is 0 Å². The molecule has 0 heterocycles. The van der Waals surface area contributed by atoms with Crippen LogP contribution < -0.4 is 10.6 Å². The van der Waals surface area contributed by atoms with Crippen LogP contribution in [0.3, 0.4) is 0 Å². The SMILES string of the molecule is CC(CO)(NC(=O)NCc1ccc(C#N)cc1F)C1CC1. The summed E-state index contributed by atoms with van der Waals surface area (Å²) >= 11 is 0. The highest BCUT2D eigenvalue weighted by molar-refractivity contribution is 5.74. The lowest BCUT2D eigenvalue weighted by atomic mass is 9.97. The molecule has 0 bridgehead atoms. The molecule has 0 spiro atoms. The Kier molecular flexibility index (Phi) is 4.43. The molecule has 1 aliphatic rings. The molecule has 3 N–H and O–H groups in total. The van der Waals surface area contributed by atoms with Gasteiger partial charge in [0.1, 0.15) is 5.82 Å². The molecule has 1 aromatic rings. The Labute approximate surface area is 122 Å². The highest BCUT2D eigenvalue weighted by Gasteiger charge is 2.42. The summed E-state index contributed by atoms with van der Waals surface area (Å²) in [4.78, 5) is 11.8. The number of rotatable bonds is 5. The number of nitrogens with one attached hydrogen (secondary N) is 2. The first-order valence-corrected chi connectivity index (χ1v) is 6.84. The van der Waals surface area contributed by atoms with Crippen LogP contribution in [0.25, 0.3) is 0 Å². The van der Waals surface area contributed by atoms with Gasteiger partial charge in [-0.2, -0.15) is 5.26 Å². The van der Waals surface area contributed by atoms with Crippen LogP contribution >= 0.6 is 0 Å². The van der Waals surface area contributed by atoms with E-state index in [-0.39, 0.29) is 18.7 Å². The number of nitrogens with zero attached hydrogens (tertiary/aromatic N) is 1. The Hall–Kier alpha value is -2.13. The number of benzene rings is 1. The first-order chi connectivity index (χ1) is 9.98. The third-order valence-corrected chi connectivity index (χ3v) is 3.83. The van der Waals surface area contributed by atoms with Gasteiger partial charge in [0.15, 0.2) is 0 Å². The Bertz CT molecular complexity index is 581. The molecule has 0 aromatic heterocycles. The first-order valence-electron chi connectivity index (χ1n) is 6.84. The number of halogens is 1. The summed E-state index contributed by atoms with van der Waals surface area (Å²) in [7, 11) is 0. The lowest BCUT2D eigenvalue weighted by Crippen LogP contribution is -2.53. The van der Waals surface area contributed by atoms with Gasteiger partial charge in [-0.3, -0.25) is 0 Å². The normalized spacial score (nSPS) is 16.7. The summed E-state index contributed by atoms with van der Waals surface area (Å²) in [6.07, 6.45) is 1.98. The predicted octanol–water partition coefficient (Wildman–Crippen LogP) is 1.66. The number of aliphatic hydroxyl groups is 1. The molecule has 1 atom stereocenters. The van der Waals surface area contributed by atoms with E-state index in [0.717, 1.165) is 18.9 Å². The van der Waals surface area contributed by atoms with Crippen LogP contribution in [0.5, 0.6) is 0 Å². The van der Waals surface area contributed by atoms with Crippen LogP contribution in [-0.4, -0.2) is 23.3 Å². The molecular weight excluding hydrogens is 273 g/mol. The standard InChI is InChI=1S/C15H18FN3O2/c1-15(9-20,12-4-5-12)19-14(21)18-8-11-3-2-10(7-17)6-13(11)16/h2-3,6,12,20H,4-5,8-9H2,1H3,(H2,18,19,21). The minimum atomic E-state index is -0.632. The summed E-state index contributed by atoms with van der Waals surface area (Å²) in [6, 6.07) is 5.52. The molecule has 0 radical (unpaired) electrons. The van der Waals surface area contributed by atoms with Gasteiger partial charge < -0.3 is 15.7 Å². The molecule has 1 fully saturated rings. The van der Waals surface area contributed by atoms with Gasteiger partial charge in [-0.1, -0.05) is 6.07 Å². The summed E-state index contributed by atoms with van der Waals surface area (Å²) < 4.78 is 13.7. The zero-order chi connectivity index (χ0) is 15.5. The molecule has 1 aromatic carbocycles. The zero-order valence-corrected chi connectivity index (χ0v) is 11.8. The maximum Gasteiger partial charge on any atom is 0.315 e. The molecule has 0 saturated heterocycles. The first kappa shape index (κ1) is 15.3. The monoisotopic (exact) mass is 291 g/mol. The van der Waals surface area contributed by atoms with Gasteiger partial charge in [0, 0.05) is 12.1 Å². The van der Waals surface area contributed by atoms with Gasteiger partial charge >= 0.3 is 6.03 Å². The summed E-state index contributed by atoms with van der Waals surface area (Å²) in [6.45, 7) is 1.69. The Morgan fingerprint density at radius 1 is 1.57 bits per heavy atom. The van der Waals surface area contributed by atoms with Gasteiger partial charge in [0.2, 0.25) is 0 Å². The maximum atomic E-state index is 13.7.